The van der Waals surface area contributed by atoms with Crippen LogP contribution in [0.3, 0.4) is 0 Å². The third kappa shape index (κ3) is 8.42. The number of hydrogen-bond acceptors (Lipinski definition) is 3. The van der Waals surface area contributed by atoms with Gasteiger partial charge >= 0.3 is 0 Å². The molecule has 0 bridgehead atoms. The predicted molar refractivity (Wildman–Crippen MR) is 76.3 cm³/mol. The van der Waals surface area contributed by atoms with Gasteiger partial charge in [0.1, 0.15) is 6.54 Å². The number of guanidine groups is 1. The van der Waals surface area contributed by atoms with Crippen LogP contribution in [0, 0.1) is 0 Å². The molecule has 0 atom stereocenters. The molecule has 0 aromatic carbocycles. The molecule has 0 unspecified atom stereocenters. The van der Waals surface area contributed by atoms with Crippen molar-refractivity contribution in [2.45, 2.75) is 39.2 Å². The number of carbonyl (C=O) groups excluding carboxylic acids is 1. The van der Waals surface area contributed by atoms with E-state index >= 15 is 0 Å². The average Bonchev–Trinajstić information content (AvgIpc) is 3.19. The van der Waals surface area contributed by atoms with Crippen molar-refractivity contribution in [1.29, 1.82) is 0 Å². The molecule has 6 heteroatoms. The van der Waals surface area contributed by atoms with Crippen molar-refractivity contribution in [1.82, 2.24) is 16.0 Å². The maximum Gasteiger partial charge on any atom is 0.242 e. The highest BCUT2D eigenvalue weighted by atomic mass is 16.5. The molecule has 1 fully saturated rings. The van der Waals surface area contributed by atoms with Gasteiger partial charge < -0.3 is 20.7 Å². The van der Waals surface area contributed by atoms with Gasteiger partial charge in [0.05, 0.1) is 0 Å². The molecule has 0 aromatic heterocycles. The third-order valence-corrected chi connectivity index (χ3v) is 2.63. The highest BCUT2D eigenvalue weighted by molar-refractivity contribution is 5.85. The number of carbonyl (C=O) groups is 1. The first-order chi connectivity index (χ1) is 9.26. The summed E-state index contributed by atoms with van der Waals surface area (Å²) in [6.45, 7) is 7.22. The molecule has 0 aromatic rings. The number of nitrogens with zero attached hydrogens (tertiary/aromatic N) is 1. The second-order valence-corrected chi connectivity index (χ2v) is 4.51. The van der Waals surface area contributed by atoms with E-state index < -0.39 is 0 Å². The Balaban J connectivity index is 2.18. The van der Waals surface area contributed by atoms with Crippen molar-refractivity contribution in [3.8, 4) is 0 Å². The lowest BCUT2D eigenvalue weighted by atomic mass is 10.4. The Kier molecular flexibility index (Phi) is 7.97. The van der Waals surface area contributed by atoms with Gasteiger partial charge in [-0.1, -0.05) is 0 Å². The van der Waals surface area contributed by atoms with Crippen molar-refractivity contribution >= 4 is 11.9 Å². The smallest absolute Gasteiger partial charge is 0.242 e. The van der Waals surface area contributed by atoms with Crippen LogP contribution in [0.15, 0.2) is 4.99 Å². The zero-order valence-electron chi connectivity index (χ0n) is 12.0. The summed E-state index contributed by atoms with van der Waals surface area (Å²) in [6.07, 6.45) is 3.13. The molecule has 1 rings (SSSR count). The quantitative estimate of drug-likeness (QED) is 0.319. The highest BCUT2D eigenvalue weighted by Gasteiger charge is 2.22. The van der Waals surface area contributed by atoms with Crippen molar-refractivity contribution in [3.05, 3.63) is 0 Å². The SMILES string of the molecule is CCNC(=NCC(=O)NC1CC1)NCCCOCC. The van der Waals surface area contributed by atoms with E-state index in [2.05, 4.69) is 20.9 Å². The molecular formula is C13H26N4O2. The number of rotatable bonds is 9. The maximum atomic E-state index is 11.5. The van der Waals surface area contributed by atoms with Crippen LogP contribution in [0.2, 0.25) is 0 Å². The summed E-state index contributed by atoms with van der Waals surface area (Å²) in [5.41, 5.74) is 0. The zero-order chi connectivity index (χ0) is 13.9. The fourth-order valence-corrected chi connectivity index (χ4v) is 1.52. The van der Waals surface area contributed by atoms with Crippen molar-refractivity contribution in [2.75, 3.05) is 32.8 Å². The summed E-state index contributed by atoms with van der Waals surface area (Å²) in [4.78, 5) is 15.8. The Morgan fingerprint density at radius 1 is 1.32 bits per heavy atom. The molecule has 19 heavy (non-hydrogen) atoms. The topological polar surface area (TPSA) is 74.8 Å². The van der Waals surface area contributed by atoms with Gasteiger partial charge in [0.25, 0.3) is 0 Å². The van der Waals surface area contributed by atoms with Crippen LogP contribution in [0.25, 0.3) is 0 Å². The fourth-order valence-electron chi connectivity index (χ4n) is 1.52. The van der Waals surface area contributed by atoms with Crippen LogP contribution in [0.5, 0.6) is 0 Å². The Hall–Kier alpha value is -1.30. The van der Waals surface area contributed by atoms with E-state index in [4.69, 9.17) is 4.74 Å². The number of nitrogens with one attached hydrogen (secondary N) is 3. The molecule has 0 aliphatic heterocycles. The largest absolute Gasteiger partial charge is 0.382 e. The molecule has 0 radical (unpaired) electrons. The monoisotopic (exact) mass is 270 g/mol. The summed E-state index contributed by atoms with van der Waals surface area (Å²) >= 11 is 0. The second kappa shape index (κ2) is 9.61. The molecule has 1 aliphatic carbocycles. The third-order valence-electron chi connectivity index (χ3n) is 2.63. The van der Waals surface area contributed by atoms with Crippen LogP contribution in [0.4, 0.5) is 0 Å². The standard InChI is InChI=1S/C13H26N4O2/c1-3-14-13(15-8-5-9-19-4-2)16-10-12(18)17-11-6-7-11/h11H,3-10H2,1-2H3,(H,17,18)(H2,14,15,16). The molecule has 0 heterocycles. The van der Waals surface area contributed by atoms with Gasteiger partial charge in [0.2, 0.25) is 5.91 Å². The molecule has 1 amide bonds. The van der Waals surface area contributed by atoms with E-state index in [0.29, 0.717) is 12.0 Å². The lowest BCUT2D eigenvalue weighted by Gasteiger charge is -2.11. The van der Waals surface area contributed by atoms with E-state index in [1.807, 2.05) is 13.8 Å². The van der Waals surface area contributed by atoms with Crippen LogP contribution in [-0.4, -0.2) is 50.8 Å². The fraction of sp³-hybridized carbons (Fsp3) is 0.846. The second-order valence-electron chi connectivity index (χ2n) is 4.51. The number of aliphatic imine (C=N–C) groups is 1. The lowest BCUT2D eigenvalue weighted by molar-refractivity contribution is -0.119. The Bertz CT molecular complexity index is 290. The van der Waals surface area contributed by atoms with Crippen LogP contribution in [0.1, 0.15) is 33.1 Å². The first kappa shape index (κ1) is 15.8. The normalized spacial score (nSPS) is 15.2. The summed E-state index contributed by atoms with van der Waals surface area (Å²) in [6, 6.07) is 0.393. The number of amides is 1. The molecule has 6 nitrogen and oxygen atoms in total. The van der Waals surface area contributed by atoms with Gasteiger partial charge in [0.15, 0.2) is 5.96 Å². The van der Waals surface area contributed by atoms with E-state index in [1.165, 1.54) is 0 Å². The summed E-state index contributed by atoms with van der Waals surface area (Å²) in [7, 11) is 0. The summed E-state index contributed by atoms with van der Waals surface area (Å²) < 4.78 is 5.26. The van der Waals surface area contributed by atoms with Gasteiger partial charge in [-0.15, -0.1) is 0 Å². The molecular weight excluding hydrogens is 244 g/mol. The minimum Gasteiger partial charge on any atom is -0.382 e. The van der Waals surface area contributed by atoms with Gasteiger partial charge in [0, 0.05) is 32.3 Å². The van der Waals surface area contributed by atoms with Crippen molar-refractivity contribution in [2.24, 2.45) is 4.99 Å². The zero-order valence-corrected chi connectivity index (χ0v) is 12.0. The number of ether oxygens (including phenoxy) is 1. The molecule has 110 valence electrons. The van der Waals surface area contributed by atoms with E-state index in [0.717, 1.165) is 45.6 Å². The number of hydrogen-bond donors (Lipinski definition) is 3. The minimum absolute atomic E-state index is 0.00554. The molecule has 0 spiro atoms. The Morgan fingerprint density at radius 2 is 2.11 bits per heavy atom. The minimum atomic E-state index is -0.00554. The first-order valence-electron chi connectivity index (χ1n) is 7.15. The van der Waals surface area contributed by atoms with E-state index in [-0.39, 0.29) is 12.5 Å². The molecule has 0 saturated heterocycles. The summed E-state index contributed by atoms with van der Waals surface area (Å²) in [5.74, 6) is 0.680. The average molecular weight is 270 g/mol. The molecule has 3 N–H and O–H groups in total. The summed E-state index contributed by atoms with van der Waals surface area (Å²) in [5, 5.41) is 9.21. The van der Waals surface area contributed by atoms with Gasteiger partial charge in [-0.3, -0.25) is 4.79 Å². The van der Waals surface area contributed by atoms with E-state index in [1.54, 1.807) is 0 Å². The molecule has 1 aliphatic rings. The highest BCUT2D eigenvalue weighted by Crippen LogP contribution is 2.18. The van der Waals surface area contributed by atoms with Crippen molar-refractivity contribution in [3.63, 3.8) is 0 Å². The Labute approximate surface area is 115 Å². The first-order valence-corrected chi connectivity index (χ1v) is 7.15. The maximum absolute atomic E-state index is 11.5. The van der Waals surface area contributed by atoms with Gasteiger partial charge in [-0.2, -0.15) is 0 Å². The van der Waals surface area contributed by atoms with E-state index in [9.17, 15) is 4.79 Å². The van der Waals surface area contributed by atoms with Crippen LogP contribution < -0.4 is 16.0 Å². The van der Waals surface area contributed by atoms with Gasteiger partial charge in [-0.05, 0) is 33.1 Å². The molecule has 1 saturated carbocycles. The van der Waals surface area contributed by atoms with Gasteiger partial charge in [-0.25, -0.2) is 4.99 Å². The van der Waals surface area contributed by atoms with Crippen LogP contribution >= 0.6 is 0 Å². The Morgan fingerprint density at radius 3 is 2.74 bits per heavy atom. The predicted octanol–water partition coefficient (Wildman–Crippen LogP) is 0.247. The lowest BCUT2D eigenvalue weighted by Crippen LogP contribution is -2.39. The van der Waals surface area contributed by atoms with Crippen molar-refractivity contribution < 1.29 is 9.53 Å². The van der Waals surface area contributed by atoms with Crippen LogP contribution in [-0.2, 0) is 9.53 Å².